The molecular weight excluding hydrogens is 468 g/mol. The Hall–Kier alpha value is -2.56. The van der Waals surface area contributed by atoms with Crippen molar-refractivity contribution in [1.29, 1.82) is 0 Å². The fraction of sp³-hybridized carbons (Fsp3) is 0.560. The third kappa shape index (κ3) is 5.99. The van der Waals surface area contributed by atoms with Gasteiger partial charge < -0.3 is 19.5 Å². The Bertz CT molecular complexity index is 1120. The molecule has 35 heavy (non-hydrogen) atoms. The van der Waals surface area contributed by atoms with Gasteiger partial charge in [0.05, 0.1) is 19.0 Å². The van der Waals surface area contributed by atoms with Gasteiger partial charge in [-0.15, -0.1) is 0 Å². The molecule has 1 N–H and O–H groups in total. The predicted molar refractivity (Wildman–Crippen MR) is 134 cm³/mol. The molecule has 0 radical (unpaired) electrons. The fourth-order valence-electron chi connectivity index (χ4n) is 4.83. The van der Waals surface area contributed by atoms with Crippen LogP contribution in [0.15, 0.2) is 28.0 Å². The Morgan fingerprint density at radius 2 is 1.83 bits per heavy atom. The molecule has 1 aromatic heterocycles. The number of nitrogens with one attached hydrogen (secondary N) is 1. The number of hydrogen-bond acceptors (Lipinski definition) is 8. The Balaban J connectivity index is 1.22. The Morgan fingerprint density at radius 1 is 1.03 bits per heavy atom. The summed E-state index contributed by atoms with van der Waals surface area (Å²) in [5, 5.41) is 3.61. The highest BCUT2D eigenvalue weighted by Crippen LogP contribution is 2.33. The summed E-state index contributed by atoms with van der Waals surface area (Å²) >= 11 is 1.35. The van der Waals surface area contributed by atoms with E-state index in [0.29, 0.717) is 42.0 Å². The van der Waals surface area contributed by atoms with E-state index in [-0.39, 0.29) is 17.3 Å². The second-order valence-electron chi connectivity index (χ2n) is 8.99. The molecule has 0 saturated carbocycles. The van der Waals surface area contributed by atoms with E-state index in [9.17, 15) is 9.59 Å². The van der Waals surface area contributed by atoms with Crippen LogP contribution in [0.4, 0.5) is 5.69 Å². The van der Waals surface area contributed by atoms with Gasteiger partial charge in [-0.05, 0) is 44.2 Å². The SMILES string of the molecule is O=C(CSc1nc(=O)n(CCCN2CCOCC2)c2c1CCCC2)Nc1ccc2c(c1)OCCO2. The number of fused-ring (bicyclic) bond motifs is 2. The number of morpholine rings is 1. The van der Waals surface area contributed by atoms with E-state index in [4.69, 9.17) is 14.2 Å². The zero-order valence-electron chi connectivity index (χ0n) is 19.9. The van der Waals surface area contributed by atoms with Gasteiger partial charge in [-0.25, -0.2) is 4.79 Å². The number of ether oxygens (including phenoxy) is 3. The summed E-state index contributed by atoms with van der Waals surface area (Å²) in [5.41, 5.74) is 2.69. The average molecular weight is 501 g/mol. The molecule has 1 aromatic carbocycles. The van der Waals surface area contributed by atoms with Crippen LogP contribution in [0.5, 0.6) is 11.5 Å². The molecule has 1 saturated heterocycles. The second kappa shape index (κ2) is 11.5. The molecule has 1 aliphatic carbocycles. The summed E-state index contributed by atoms with van der Waals surface area (Å²) in [7, 11) is 0. The van der Waals surface area contributed by atoms with Crippen molar-refractivity contribution in [3.63, 3.8) is 0 Å². The third-order valence-electron chi connectivity index (χ3n) is 6.58. The normalized spacial score (nSPS) is 17.6. The first-order valence-corrected chi connectivity index (χ1v) is 13.4. The van der Waals surface area contributed by atoms with Crippen molar-refractivity contribution in [1.82, 2.24) is 14.5 Å². The molecule has 10 heteroatoms. The van der Waals surface area contributed by atoms with Crippen LogP contribution in [0.3, 0.4) is 0 Å². The van der Waals surface area contributed by atoms with Crippen molar-refractivity contribution in [2.24, 2.45) is 0 Å². The van der Waals surface area contributed by atoms with Gasteiger partial charge in [-0.3, -0.25) is 14.3 Å². The largest absolute Gasteiger partial charge is 0.486 e. The van der Waals surface area contributed by atoms with Crippen molar-refractivity contribution in [3.05, 3.63) is 39.9 Å². The van der Waals surface area contributed by atoms with Gasteiger partial charge in [-0.2, -0.15) is 4.98 Å². The van der Waals surface area contributed by atoms with E-state index in [1.807, 2.05) is 4.57 Å². The maximum Gasteiger partial charge on any atom is 0.348 e. The molecule has 0 spiro atoms. The van der Waals surface area contributed by atoms with E-state index < -0.39 is 0 Å². The van der Waals surface area contributed by atoms with Crippen LogP contribution in [0.1, 0.15) is 30.5 Å². The third-order valence-corrected chi connectivity index (χ3v) is 7.59. The van der Waals surface area contributed by atoms with Gasteiger partial charge in [0, 0.05) is 49.2 Å². The van der Waals surface area contributed by atoms with Gasteiger partial charge in [-0.1, -0.05) is 11.8 Å². The predicted octanol–water partition coefficient (Wildman–Crippen LogP) is 2.35. The van der Waals surface area contributed by atoms with E-state index in [0.717, 1.165) is 76.2 Å². The molecule has 0 bridgehead atoms. The van der Waals surface area contributed by atoms with E-state index in [2.05, 4.69) is 15.2 Å². The molecule has 0 atom stereocenters. The lowest BCUT2D eigenvalue weighted by Crippen LogP contribution is -2.38. The standard InChI is InChI=1S/C25H32N4O5S/c30-23(26-18-6-7-21-22(16-18)34-15-14-33-21)17-35-24-19-4-1-2-5-20(19)29(25(31)27-24)9-3-8-28-10-12-32-13-11-28/h6-7,16H,1-5,8-15,17H2,(H,26,30). The summed E-state index contributed by atoms with van der Waals surface area (Å²) < 4.78 is 18.4. The summed E-state index contributed by atoms with van der Waals surface area (Å²) in [6.07, 6.45) is 4.87. The number of hydrogen-bond donors (Lipinski definition) is 1. The second-order valence-corrected chi connectivity index (χ2v) is 9.95. The average Bonchev–Trinajstić information content (AvgIpc) is 2.89. The van der Waals surface area contributed by atoms with Crippen LogP contribution in [-0.2, 0) is 28.9 Å². The van der Waals surface area contributed by atoms with Crippen molar-refractivity contribution in [2.45, 2.75) is 43.7 Å². The zero-order chi connectivity index (χ0) is 24.0. The summed E-state index contributed by atoms with van der Waals surface area (Å²) in [6.45, 7) is 6.14. The van der Waals surface area contributed by atoms with Crippen molar-refractivity contribution < 1.29 is 19.0 Å². The zero-order valence-corrected chi connectivity index (χ0v) is 20.7. The van der Waals surface area contributed by atoms with Crippen LogP contribution in [0.2, 0.25) is 0 Å². The van der Waals surface area contributed by atoms with Crippen LogP contribution in [0, 0.1) is 0 Å². The quantitative estimate of drug-likeness (QED) is 0.436. The van der Waals surface area contributed by atoms with E-state index in [1.54, 1.807) is 18.2 Å². The minimum Gasteiger partial charge on any atom is -0.486 e. The van der Waals surface area contributed by atoms with E-state index in [1.165, 1.54) is 11.8 Å². The molecule has 5 rings (SSSR count). The highest BCUT2D eigenvalue weighted by molar-refractivity contribution is 8.00. The van der Waals surface area contributed by atoms with Crippen molar-refractivity contribution >= 4 is 23.4 Å². The summed E-state index contributed by atoms with van der Waals surface area (Å²) in [4.78, 5) is 32.4. The molecule has 9 nitrogen and oxygen atoms in total. The van der Waals surface area contributed by atoms with Crippen molar-refractivity contribution in [2.75, 3.05) is 57.1 Å². The monoisotopic (exact) mass is 500 g/mol. The van der Waals surface area contributed by atoms with Crippen LogP contribution < -0.4 is 20.5 Å². The Morgan fingerprint density at radius 3 is 2.69 bits per heavy atom. The van der Waals surface area contributed by atoms with Gasteiger partial charge in [0.2, 0.25) is 5.91 Å². The fourth-order valence-corrected chi connectivity index (χ4v) is 5.70. The highest BCUT2D eigenvalue weighted by atomic mass is 32.2. The topological polar surface area (TPSA) is 94.9 Å². The molecule has 0 unspecified atom stereocenters. The Kier molecular flexibility index (Phi) is 7.90. The van der Waals surface area contributed by atoms with Crippen molar-refractivity contribution in [3.8, 4) is 11.5 Å². The number of benzene rings is 1. The first-order valence-electron chi connectivity index (χ1n) is 12.4. The molecule has 2 aliphatic heterocycles. The number of thioether (sulfide) groups is 1. The van der Waals surface area contributed by atoms with Gasteiger partial charge in [0.1, 0.15) is 18.2 Å². The summed E-state index contributed by atoms with van der Waals surface area (Å²) in [5.74, 6) is 1.36. The van der Waals surface area contributed by atoms with Gasteiger partial charge >= 0.3 is 5.69 Å². The lowest BCUT2D eigenvalue weighted by Gasteiger charge is -2.27. The lowest BCUT2D eigenvalue weighted by molar-refractivity contribution is -0.113. The summed E-state index contributed by atoms with van der Waals surface area (Å²) in [6, 6.07) is 5.37. The number of nitrogens with zero attached hydrogens (tertiary/aromatic N) is 3. The number of carbonyl (C=O) groups excluding carboxylic acids is 1. The number of anilines is 1. The maximum atomic E-state index is 12.9. The Labute approximate surface area is 209 Å². The first kappa shape index (κ1) is 24.1. The van der Waals surface area contributed by atoms with Gasteiger partial charge in [0.25, 0.3) is 0 Å². The van der Waals surface area contributed by atoms with Gasteiger partial charge in [0.15, 0.2) is 11.5 Å². The molecular formula is C25H32N4O5S. The minimum atomic E-state index is -0.206. The van der Waals surface area contributed by atoms with Crippen LogP contribution >= 0.6 is 11.8 Å². The smallest absolute Gasteiger partial charge is 0.348 e. The first-order chi connectivity index (χ1) is 17.2. The molecule has 2 aromatic rings. The highest BCUT2D eigenvalue weighted by Gasteiger charge is 2.22. The molecule has 3 heterocycles. The number of rotatable bonds is 8. The molecule has 1 fully saturated rings. The number of amides is 1. The number of aromatic nitrogens is 2. The lowest BCUT2D eigenvalue weighted by atomic mass is 9.97. The van der Waals surface area contributed by atoms with E-state index >= 15 is 0 Å². The molecule has 3 aliphatic rings. The maximum absolute atomic E-state index is 12.9. The van der Waals surface area contributed by atoms with Crippen LogP contribution in [-0.4, -0.2) is 72.2 Å². The molecule has 1 amide bonds. The number of carbonyl (C=O) groups is 1. The molecule has 188 valence electrons. The minimum absolute atomic E-state index is 0.146. The van der Waals surface area contributed by atoms with Crippen LogP contribution in [0.25, 0.3) is 0 Å².